The molecule has 1 aromatic rings. The van der Waals surface area contributed by atoms with Crippen LogP contribution in [0.2, 0.25) is 19.6 Å². The topological polar surface area (TPSA) is 26.3 Å². The lowest BCUT2D eigenvalue weighted by Gasteiger charge is -2.23. The number of aryl methyl sites for hydroxylation is 1. The van der Waals surface area contributed by atoms with Gasteiger partial charge in [-0.2, -0.15) is 0 Å². The third-order valence-corrected chi connectivity index (χ3v) is 5.48. The standard InChI is InChI=1S/C15H20O2Si/c1-18(2,3)14-11-15(16)17-13(14)10-9-12-7-5-4-6-8-12/h4-8,11,13H,9-10H2,1-3H3. The van der Waals surface area contributed by atoms with Gasteiger partial charge in [0.05, 0.1) is 8.07 Å². The predicted molar refractivity (Wildman–Crippen MR) is 76.1 cm³/mol. The fourth-order valence-electron chi connectivity index (χ4n) is 2.31. The van der Waals surface area contributed by atoms with Gasteiger partial charge in [0.25, 0.3) is 0 Å². The van der Waals surface area contributed by atoms with Crippen molar-refractivity contribution in [3.63, 3.8) is 0 Å². The van der Waals surface area contributed by atoms with E-state index in [0.29, 0.717) is 0 Å². The molecule has 0 N–H and O–H groups in total. The Morgan fingerprint density at radius 3 is 2.44 bits per heavy atom. The quantitative estimate of drug-likeness (QED) is 0.613. The second kappa shape index (κ2) is 5.10. The van der Waals surface area contributed by atoms with E-state index in [4.69, 9.17) is 4.74 Å². The van der Waals surface area contributed by atoms with Gasteiger partial charge in [-0.15, -0.1) is 0 Å². The van der Waals surface area contributed by atoms with E-state index in [2.05, 4.69) is 31.8 Å². The van der Waals surface area contributed by atoms with Crippen LogP contribution in [0.25, 0.3) is 0 Å². The Morgan fingerprint density at radius 1 is 1.17 bits per heavy atom. The van der Waals surface area contributed by atoms with Gasteiger partial charge in [0.1, 0.15) is 6.10 Å². The normalized spacial score (nSPS) is 19.6. The van der Waals surface area contributed by atoms with E-state index in [-0.39, 0.29) is 12.1 Å². The zero-order valence-corrected chi connectivity index (χ0v) is 12.3. The van der Waals surface area contributed by atoms with Gasteiger partial charge in [-0.05, 0) is 23.6 Å². The summed E-state index contributed by atoms with van der Waals surface area (Å²) in [7, 11) is -1.45. The molecule has 1 aliphatic rings. The van der Waals surface area contributed by atoms with Gasteiger partial charge >= 0.3 is 5.97 Å². The second-order valence-electron chi connectivity index (χ2n) is 5.80. The fourth-order valence-corrected chi connectivity index (χ4v) is 4.03. The molecule has 0 saturated carbocycles. The molecular formula is C15H20O2Si. The molecule has 1 aromatic carbocycles. The van der Waals surface area contributed by atoms with Crippen LogP contribution in [0, 0.1) is 0 Å². The molecule has 3 heteroatoms. The molecular weight excluding hydrogens is 240 g/mol. The predicted octanol–water partition coefficient (Wildman–Crippen LogP) is 3.35. The van der Waals surface area contributed by atoms with Crippen LogP contribution >= 0.6 is 0 Å². The molecule has 1 heterocycles. The van der Waals surface area contributed by atoms with Gasteiger partial charge in [-0.25, -0.2) is 4.79 Å². The van der Waals surface area contributed by atoms with Crippen molar-refractivity contribution in [1.82, 2.24) is 0 Å². The van der Waals surface area contributed by atoms with Crippen molar-refractivity contribution in [1.29, 1.82) is 0 Å². The smallest absolute Gasteiger partial charge is 0.331 e. The SMILES string of the molecule is C[Si](C)(C)C1=CC(=O)OC1CCc1ccccc1. The first-order valence-corrected chi connectivity index (χ1v) is 9.93. The number of benzene rings is 1. The largest absolute Gasteiger partial charge is 0.455 e. The Kier molecular flexibility index (Phi) is 3.71. The molecule has 0 amide bonds. The number of cyclic esters (lactones) is 1. The Hall–Kier alpha value is -1.35. The molecule has 1 atom stereocenters. The lowest BCUT2D eigenvalue weighted by atomic mass is 10.1. The number of esters is 1. The Balaban J connectivity index is 2.02. The first kappa shape index (κ1) is 13.1. The lowest BCUT2D eigenvalue weighted by Crippen LogP contribution is -2.31. The minimum absolute atomic E-state index is 0.00405. The highest BCUT2D eigenvalue weighted by Crippen LogP contribution is 2.28. The highest BCUT2D eigenvalue weighted by atomic mass is 28.3. The van der Waals surface area contributed by atoms with Crippen molar-refractivity contribution >= 4 is 14.0 Å². The first-order chi connectivity index (χ1) is 8.47. The van der Waals surface area contributed by atoms with Crippen molar-refractivity contribution in [3.8, 4) is 0 Å². The van der Waals surface area contributed by atoms with Gasteiger partial charge in [-0.1, -0.05) is 50.0 Å². The molecule has 0 bridgehead atoms. The molecule has 2 nitrogen and oxygen atoms in total. The summed E-state index contributed by atoms with van der Waals surface area (Å²) < 4.78 is 5.43. The van der Waals surface area contributed by atoms with Gasteiger partial charge in [-0.3, -0.25) is 0 Å². The van der Waals surface area contributed by atoms with Crippen molar-refractivity contribution in [2.24, 2.45) is 0 Å². The third kappa shape index (κ3) is 3.10. The van der Waals surface area contributed by atoms with Crippen LogP contribution in [0.4, 0.5) is 0 Å². The Labute approximate surface area is 110 Å². The summed E-state index contributed by atoms with van der Waals surface area (Å²) in [6.07, 6.45) is 3.58. The monoisotopic (exact) mass is 260 g/mol. The van der Waals surface area contributed by atoms with E-state index in [1.54, 1.807) is 6.08 Å². The van der Waals surface area contributed by atoms with Gasteiger partial charge in [0.2, 0.25) is 0 Å². The molecule has 0 fully saturated rings. The molecule has 18 heavy (non-hydrogen) atoms. The Bertz CT molecular complexity index is 457. The van der Waals surface area contributed by atoms with Gasteiger partial charge in [0.15, 0.2) is 0 Å². The van der Waals surface area contributed by atoms with Crippen molar-refractivity contribution in [2.75, 3.05) is 0 Å². The van der Waals surface area contributed by atoms with E-state index < -0.39 is 8.07 Å². The zero-order valence-electron chi connectivity index (χ0n) is 11.3. The van der Waals surface area contributed by atoms with E-state index in [9.17, 15) is 4.79 Å². The molecule has 0 aromatic heterocycles. The minimum atomic E-state index is -1.45. The van der Waals surface area contributed by atoms with E-state index in [1.807, 2.05) is 18.2 Å². The zero-order chi connectivity index (χ0) is 13.2. The van der Waals surface area contributed by atoms with Crippen LogP contribution in [-0.2, 0) is 16.0 Å². The molecule has 0 radical (unpaired) electrons. The average molecular weight is 260 g/mol. The van der Waals surface area contributed by atoms with E-state index in [0.717, 1.165) is 12.8 Å². The first-order valence-electron chi connectivity index (χ1n) is 6.43. The lowest BCUT2D eigenvalue weighted by molar-refractivity contribution is -0.138. The van der Waals surface area contributed by atoms with Crippen LogP contribution in [0.5, 0.6) is 0 Å². The maximum Gasteiger partial charge on any atom is 0.331 e. The van der Waals surface area contributed by atoms with E-state index in [1.165, 1.54) is 10.8 Å². The number of rotatable bonds is 4. The number of ether oxygens (including phenoxy) is 1. The van der Waals surface area contributed by atoms with Gasteiger partial charge in [0, 0.05) is 6.08 Å². The van der Waals surface area contributed by atoms with Crippen LogP contribution in [0.1, 0.15) is 12.0 Å². The van der Waals surface area contributed by atoms with Crippen LogP contribution in [0.15, 0.2) is 41.6 Å². The number of carbonyl (C=O) groups is 1. The number of hydrogen-bond donors (Lipinski definition) is 0. The van der Waals surface area contributed by atoms with Crippen molar-refractivity contribution in [2.45, 2.75) is 38.6 Å². The molecule has 0 saturated heterocycles. The molecule has 96 valence electrons. The summed E-state index contributed by atoms with van der Waals surface area (Å²) in [6.45, 7) is 6.78. The summed E-state index contributed by atoms with van der Waals surface area (Å²) in [5, 5.41) is 1.25. The molecule has 1 unspecified atom stereocenters. The maximum atomic E-state index is 11.4. The summed E-state index contributed by atoms with van der Waals surface area (Å²) >= 11 is 0. The highest BCUT2D eigenvalue weighted by Gasteiger charge is 2.34. The van der Waals surface area contributed by atoms with E-state index >= 15 is 0 Å². The fraction of sp³-hybridized carbons (Fsp3) is 0.400. The van der Waals surface area contributed by atoms with Crippen LogP contribution in [0.3, 0.4) is 0 Å². The molecule has 0 spiro atoms. The number of carbonyl (C=O) groups excluding carboxylic acids is 1. The molecule has 0 aliphatic carbocycles. The summed E-state index contributed by atoms with van der Waals surface area (Å²) in [5.74, 6) is -0.162. The third-order valence-electron chi connectivity index (χ3n) is 3.28. The second-order valence-corrected chi connectivity index (χ2v) is 10.9. The van der Waals surface area contributed by atoms with Crippen molar-refractivity contribution in [3.05, 3.63) is 47.2 Å². The van der Waals surface area contributed by atoms with Gasteiger partial charge < -0.3 is 4.74 Å². The summed E-state index contributed by atoms with van der Waals surface area (Å²) in [6, 6.07) is 10.4. The molecule has 1 aliphatic heterocycles. The van der Waals surface area contributed by atoms with Crippen molar-refractivity contribution < 1.29 is 9.53 Å². The maximum absolute atomic E-state index is 11.4. The Morgan fingerprint density at radius 2 is 1.83 bits per heavy atom. The van der Waals surface area contributed by atoms with Crippen LogP contribution in [-0.4, -0.2) is 20.1 Å². The number of hydrogen-bond acceptors (Lipinski definition) is 2. The minimum Gasteiger partial charge on any atom is -0.455 e. The van der Waals surface area contributed by atoms with Crippen LogP contribution < -0.4 is 0 Å². The average Bonchev–Trinajstić information content (AvgIpc) is 2.69. The molecule has 2 rings (SSSR count). The summed E-state index contributed by atoms with van der Waals surface area (Å²) in [5.41, 5.74) is 1.30. The highest BCUT2D eigenvalue weighted by molar-refractivity contribution is 6.83. The summed E-state index contributed by atoms with van der Waals surface area (Å²) in [4.78, 5) is 11.4.